The van der Waals surface area contributed by atoms with E-state index in [4.69, 9.17) is 9.15 Å². The minimum absolute atomic E-state index is 0.419. The van der Waals surface area contributed by atoms with Crippen molar-refractivity contribution in [1.29, 1.82) is 0 Å². The molecule has 1 heterocycles. The molecule has 2 rings (SSSR count). The lowest BCUT2D eigenvalue weighted by Gasteiger charge is -2.09. The highest BCUT2D eigenvalue weighted by atomic mass is 16.5. The Hall–Kier alpha value is -2.29. The van der Waals surface area contributed by atoms with Crippen LogP contribution in [0.2, 0.25) is 0 Å². The molecule has 0 saturated heterocycles. The zero-order valence-electron chi connectivity index (χ0n) is 11.7. The molecular weight excluding hydrogens is 252 g/mol. The maximum atomic E-state index is 11.6. The maximum absolute atomic E-state index is 11.6. The molecule has 3 nitrogen and oxygen atoms in total. The van der Waals surface area contributed by atoms with Gasteiger partial charge in [0.1, 0.15) is 11.5 Å². The Bertz CT molecular complexity index is 565. The fourth-order valence-corrected chi connectivity index (χ4v) is 1.79. The van der Waals surface area contributed by atoms with Crippen molar-refractivity contribution < 1.29 is 13.9 Å². The first kappa shape index (κ1) is 14.1. The standard InChI is InChI=1S/C17H18O3/c1-3-13(2)14-6-8-16(9-7-14)20-17(18)11-10-15-5-4-12-19-15/h4-13H,3H2,1-2H3/b11-10+. The van der Waals surface area contributed by atoms with Crippen LogP contribution in [0.5, 0.6) is 5.75 Å². The van der Waals surface area contributed by atoms with Crippen LogP contribution in [0, 0.1) is 0 Å². The number of benzene rings is 1. The Morgan fingerprint density at radius 1 is 1.30 bits per heavy atom. The van der Waals surface area contributed by atoms with Crippen molar-refractivity contribution >= 4 is 12.0 Å². The van der Waals surface area contributed by atoms with Gasteiger partial charge in [0.25, 0.3) is 0 Å². The molecular formula is C17H18O3. The highest BCUT2D eigenvalue weighted by Crippen LogP contribution is 2.21. The molecule has 0 amide bonds. The quantitative estimate of drug-likeness (QED) is 0.459. The van der Waals surface area contributed by atoms with E-state index in [2.05, 4.69) is 13.8 Å². The molecule has 0 aliphatic heterocycles. The van der Waals surface area contributed by atoms with Crippen LogP contribution in [-0.4, -0.2) is 5.97 Å². The summed E-state index contributed by atoms with van der Waals surface area (Å²) < 4.78 is 10.3. The molecule has 0 saturated carbocycles. The molecule has 1 unspecified atom stereocenters. The average molecular weight is 270 g/mol. The zero-order chi connectivity index (χ0) is 14.4. The van der Waals surface area contributed by atoms with E-state index in [1.807, 2.05) is 24.3 Å². The normalized spacial score (nSPS) is 12.5. The number of furan rings is 1. The highest BCUT2D eigenvalue weighted by molar-refractivity contribution is 5.88. The van der Waals surface area contributed by atoms with Gasteiger partial charge in [-0.2, -0.15) is 0 Å². The van der Waals surface area contributed by atoms with Crippen molar-refractivity contribution in [2.75, 3.05) is 0 Å². The summed E-state index contributed by atoms with van der Waals surface area (Å²) in [7, 11) is 0. The number of hydrogen-bond donors (Lipinski definition) is 0. The van der Waals surface area contributed by atoms with Gasteiger partial charge in [0.2, 0.25) is 0 Å². The van der Waals surface area contributed by atoms with Gasteiger partial charge >= 0.3 is 5.97 Å². The Balaban J connectivity index is 1.94. The molecule has 0 radical (unpaired) electrons. The van der Waals surface area contributed by atoms with Crippen LogP contribution in [0.3, 0.4) is 0 Å². The van der Waals surface area contributed by atoms with E-state index in [9.17, 15) is 4.79 Å². The SMILES string of the molecule is CCC(C)c1ccc(OC(=O)/C=C/c2ccco2)cc1. The van der Waals surface area contributed by atoms with E-state index < -0.39 is 5.97 Å². The van der Waals surface area contributed by atoms with E-state index in [0.717, 1.165) is 6.42 Å². The van der Waals surface area contributed by atoms with Crippen molar-refractivity contribution in [3.8, 4) is 5.75 Å². The van der Waals surface area contributed by atoms with Crippen molar-refractivity contribution in [3.63, 3.8) is 0 Å². The molecule has 0 spiro atoms. The van der Waals surface area contributed by atoms with Gasteiger partial charge in [0, 0.05) is 6.08 Å². The zero-order valence-corrected chi connectivity index (χ0v) is 11.7. The van der Waals surface area contributed by atoms with Crippen molar-refractivity contribution in [1.82, 2.24) is 0 Å². The maximum Gasteiger partial charge on any atom is 0.336 e. The number of ether oxygens (including phenoxy) is 1. The molecule has 1 atom stereocenters. The molecule has 0 fully saturated rings. The fraction of sp³-hybridized carbons (Fsp3) is 0.235. The third-order valence-corrected chi connectivity index (χ3v) is 3.21. The largest absolute Gasteiger partial charge is 0.465 e. The Kier molecular flexibility index (Phi) is 4.77. The topological polar surface area (TPSA) is 39.4 Å². The van der Waals surface area contributed by atoms with Gasteiger partial charge in [0.05, 0.1) is 6.26 Å². The van der Waals surface area contributed by atoms with Gasteiger partial charge in [0.15, 0.2) is 0 Å². The summed E-state index contributed by atoms with van der Waals surface area (Å²) in [5.41, 5.74) is 1.25. The second-order valence-corrected chi connectivity index (χ2v) is 4.65. The molecule has 104 valence electrons. The predicted octanol–water partition coefficient (Wildman–Crippen LogP) is 4.41. The van der Waals surface area contributed by atoms with Crippen LogP contribution in [0.25, 0.3) is 6.08 Å². The van der Waals surface area contributed by atoms with E-state index in [0.29, 0.717) is 17.4 Å². The summed E-state index contributed by atoms with van der Waals surface area (Å²) >= 11 is 0. The van der Waals surface area contributed by atoms with E-state index in [1.165, 1.54) is 11.6 Å². The van der Waals surface area contributed by atoms with Gasteiger partial charge in [-0.15, -0.1) is 0 Å². The fourth-order valence-electron chi connectivity index (χ4n) is 1.79. The monoisotopic (exact) mass is 270 g/mol. The minimum atomic E-state index is -0.419. The number of carbonyl (C=O) groups excluding carboxylic acids is 1. The lowest BCUT2D eigenvalue weighted by atomic mass is 9.99. The highest BCUT2D eigenvalue weighted by Gasteiger charge is 2.04. The minimum Gasteiger partial charge on any atom is -0.465 e. The van der Waals surface area contributed by atoms with Crippen molar-refractivity contribution in [3.05, 3.63) is 60.1 Å². The molecule has 1 aromatic heterocycles. The van der Waals surface area contributed by atoms with Gasteiger partial charge in [-0.1, -0.05) is 26.0 Å². The first-order valence-electron chi connectivity index (χ1n) is 6.72. The predicted molar refractivity (Wildman–Crippen MR) is 78.5 cm³/mol. The summed E-state index contributed by atoms with van der Waals surface area (Å²) in [4.78, 5) is 11.6. The summed E-state index contributed by atoms with van der Waals surface area (Å²) in [6.45, 7) is 4.32. The summed E-state index contributed by atoms with van der Waals surface area (Å²) in [5.74, 6) is 1.26. The molecule has 0 aliphatic carbocycles. The molecule has 2 aromatic rings. The smallest absolute Gasteiger partial charge is 0.336 e. The Morgan fingerprint density at radius 3 is 2.65 bits per heavy atom. The van der Waals surface area contributed by atoms with Crippen LogP contribution < -0.4 is 4.74 Å². The second-order valence-electron chi connectivity index (χ2n) is 4.65. The van der Waals surface area contributed by atoms with Crippen LogP contribution in [0.4, 0.5) is 0 Å². The van der Waals surface area contributed by atoms with Crippen LogP contribution in [0.1, 0.15) is 37.5 Å². The number of hydrogen-bond acceptors (Lipinski definition) is 3. The van der Waals surface area contributed by atoms with E-state index in [1.54, 1.807) is 24.5 Å². The first-order valence-corrected chi connectivity index (χ1v) is 6.72. The van der Waals surface area contributed by atoms with Gasteiger partial charge in [-0.25, -0.2) is 4.79 Å². The third-order valence-electron chi connectivity index (χ3n) is 3.21. The van der Waals surface area contributed by atoms with Gasteiger partial charge in [-0.3, -0.25) is 0 Å². The van der Waals surface area contributed by atoms with Crippen LogP contribution in [-0.2, 0) is 4.79 Å². The summed E-state index contributed by atoms with van der Waals surface area (Å²) in [5, 5.41) is 0. The van der Waals surface area contributed by atoms with Gasteiger partial charge in [-0.05, 0) is 48.2 Å². The number of carbonyl (C=O) groups is 1. The molecule has 20 heavy (non-hydrogen) atoms. The average Bonchev–Trinajstić information content (AvgIpc) is 2.98. The van der Waals surface area contributed by atoms with Crippen LogP contribution in [0.15, 0.2) is 53.2 Å². The summed E-state index contributed by atoms with van der Waals surface area (Å²) in [6, 6.07) is 11.2. The van der Waals surface area contributed by atoms with Crippen molar-refractivity contribution in [2.45, 2.75) is 26.2 Å². The van der Waals surface area contributed by atoms with Crippen LogP contribution >= 0.6 is 0 Å². The van der Waals surface area contributed by atoms with E-state index >= 15 is 0 Å². The van der Waals surface area contributed by atoms with E-state index in [-0.39, 0.29) is 0 Å². The molecule has 0 aliphatic rings. The molecule has 0 bridgehead atoms. The third kappa shape index (κ3) is 3.85. The van der Waals surface area contributed by atoms with Crippen molar-refractivity contribution in [2.24, 2.45) is 0 Å². The number of esters is 1. The molecule has 3 heteroatoms. The lowest BCUT2D eigenvalue weighted by Crippen LogP contribution is -2.03. The Morgan fingerprint density at radius 2 is 2.05 bits per heavy atom. The number of rotatable bonds is 5. The molecule has 0 N–H and O–H groups in total. The van der Waals surface area contributed by atoms with Gasteiger partial charge < -0.3 is 9.15 Å². The second kappa shape index (κ2) is 6.75. The first-order chi connectivity index (χ1) is 9.69. The lowest BCUT2D eigenvalue weighted by molar-refractivity contribution is -0.128. The summed E-state index contributed by atoms with van der Waals surface area (Å²) in [6.07, 6.45) is 5.57. The molecule has 1 aromatic carbocycles. The Labute approximate surface area is 118 Å².